The monoisotopic (exact) mass is 370 g/mol. The lowest BCUT2D eigenvalue weighted by molar-refractivity contribution is -0.384. The van der Waals surface area contributed by atoms with Crippen molar-refractivity contribution in [3.8, 4) is 5.75 Å². The fourth-order valence-electron chi connectivity index (χ4n) is 2.29. The molecular weight excluding hydrogens is 360 g/mol. The topological polar surface area (TPSA) is 118 Å². The van der Waals surface area contributed by atoms with Gasteiger partial charge < -0.3 is 5.11 Å². The summed E-state index contributed by atoms with van der Waals surface area (Å²) >= 11 is 5.98. The fourth-order valence-corrected chi connectivity index (χ4v) is 2.50. The highest BCUT2D eigenvalue weighted by atomic mass is 35.5. The number of carbonyl (C=O) groups is 1. The van der Waals surface area contributed by atoms with Gasteiger partial charge in [0.15, 0.2) is 5.75 Å². The SMILES string of the molecule is O=C(N/N=C\c1cc(Cl)c(O)c2ncccc12)c1ccc([N+](=O)[O-])cc1. The molecule has 1 heterocycles. The van der Waals surface area contributed by atoms with Crippen LogP contribution < -0.4 is 5.43 Å². The lowest BCUT2D eigenvalue weighted by Crippen LogP contribution is -2.17. The van der Waals surface area contributed by atoms with Crippen molar-refractivity contribution in [1.29, 1.82) is 0 Å². The van der Waals surface area contributed by atoms with Gasteiger partial charge >= 0.3 is 0 Å². The second-order valence-corrected chi connectivity index (χ2v) is 5.61. The third-order valence-electron chi connectivity index (χ3n) is 3.56. The van der Waals surface area contributed by atoms with E-state index in [1.54, 1.807) is 12.1 Å². The number of halogens is 1. The Morgan fingerprint density at radius 3 is 2.73 bits per heavy atom. The maximum atomic E-state index is 12.0. The molecule has 0 fully saturated rings. The maximum absolute atomic E-state index is 12.0. The average molecular weight is 371 g/mol. The first-order valence-corrected chi connectivity index (χ1v) is 7.69. The number of non-ortho nitro benzene ring substituents is 1. The summed E-state index contributed by atoms with van der Waals surface area (Å²) in [6, 6.07) is 10.1. The first-order valence-electron chi connectivity index (χ1n) is 7.31. The molecule has 0 aliphatic rings. The number of amides is 1. The van der Waals surface area contributed by atoms with Gasteiger partial charge in [-0.2, -0.15) is 5.10 Å². The number of nitrogens with one attached hydrogen (secondary N) is 1. The Bertz CT molecular complexity index is 1030. The summed E-state index contributed by atoms with van der Waals surface area (Å²) in [5.74, 6) is -0.655. The van der Waals surface area contributed by atoms with Gasteiger partial charge in [-0.15, -0.1) is 0 Å². The van der Waals surface area contributed by atoms with Crippen molar-refractivity contribution in [3.05, 3.63) is 74.9 Å². The summed E-state index contributed by atoms with van der Waals surface area (Å²) in [6.45, 7) is 0. The number of hydrogen-bond donors (Lipinski definition) is 2. The van der Waals surface area contributed by atoms with Crippen LogP contribution in [-0.4, -0.2) is 27.1 Å². The van der Waals surface area contributed by atoms with Gasteiger partial charge in [-0.25, -0.2) is 5.43 Å². The van der Waals surface area contributed by atoms with Crippen molar-refractivity contribution in [2.24, 2.45) is 5.10 Å². The number of nitro benzene ring substituents is 1. The molecule has 130 valence electrons. The highest BCUT2D eigenvalue weighted by Crippen LogP contribution is 2.32. The number of hydrazone groups is 1. The van der Waals surface area contributed by atoms with Crippen LogP contribution in [0, 0.1) is 10.1 Å². The number of phenolic OH excluding ortho intramolecular Hbond substituents is 1. The van der Waals surface area contributed by atoms with Gasteiger partial charge in [-0.05, 0) is 24.3 Å². The zero-order valence-electron chi connectivity index (χ0n) is 13.1. The summed E-state index contributed by atoms with van der Waals surface area (Å²) in [6.07, 6.45) is 2.90. The number of carbonyl (C=O) groups excluding carboxylic acids is 1. The Balaban J connectivity index is 1.80. The van der Waals surface area contributed by atoms with E-state index in [4.69, 9.17) is 11.6 Å². The van der Waals surface area contributed by atoms with Gasteiger partial charge in [0, 0.05) is 34.8 Å². The number of nitro groups is 1. The maximum Gasteiger partial charge on any atom is 0.271 e. The van der Waals surface area contributed by atoms with Gasteiger partial charge in [0.2, 0.25) is 0 Å². The molecule has 0 radical (unpaired) electrons. The molecule has 0 saturated heterocycles. The minimum absolute atomic E-state index is 0.109. The molecule has 0 unspecified atom stereocenters. The summed E-state index contributed by atoms with van der Waals surface area (Å²) < 4.78 is 0. The molecule has 2 aromatic carbocycles. The van der Waals surface area contributed by atoms with E-state index in [1.165, 1.54) is 42.7 Å². The van der Waals surface area contributed by atoms with Crippen LogP contribution in [0.2, 0.25) is 5.02 Å². The molecule has 0 atom stereocenters. The Morgan fingerprint density at radius 2 is 2.04 bits per heavy atom. The fraction of sp³-hybridized carbons (Fsp3) is 0. The second kappa shape index (κ2) is 7.16. The summed E-state index contributed by atoms with van der Waals surface area (Å²) in [7, 11) is 0. The van der Waals surface area contributed by atoms with Gasteiger partial charge in [0.25, 0.3) is 11.6 Å². The predicted octanol–water partition coefficient (Wildman–Crippen LogP) is 3.27. The van der Waals surface area contributed by atoms with Crippen molar-refractivity contribution in [2.75, 3.05) is 0 Å². The lowest BCUT2D eigenvalue weighted by atomic mass is 10.1. The summed E-state index contributed by atoms with van der Waals surface area (Å²) in [4.78, 5) is 26.2. The Hall–Kier alpha value is -3.52. The van der Waals surface area contributed by atoms with Crippen molar-refractivity contribution in [3.63, 3.8) is 0 Å². The van der Waals surface area contributed by atoms with Crippen LogP contribution >= 0.6 is 11.6 Å². The molecule has 3 rings (SSSR count). The molecule has 2 N–H and O–H groups in total. The number of nitrogens with zero attached hydrogens (tertiary/aromatic N) is 3. The molecule has 0 aliphatic heterocycles. The number of aromatic hydroxyl groups is 1. The molecule has 8 nitrogen and oxygen atoms in total. The number of aromatic nitrogens is 1. The first kappa shape index (κ1) is 17.3. The van der Waals surface area contributed by atoms with Gasteiger partial charge in [0.05, 0.1) is 16.2 Å². The minimum Gasteiger partial charge on any atom is -0.504 e. The van der Waals surface area contributed by atoms with Crippen LogP contribution in [0.4, 0.5) is 5.69 Å². The molecule has 26 heavy (non-hydrogen) atoms. The van der Waals surface area contributed by atoms with Gasteiger partial charge in [-0.3, -0.25) is 19.9 Å². The number of fused-ring (bicyclic) bond motifs is 1. The van der Waals surface area contributed by atoms with Crippen molar-refractivity contribution < 1.29 is 14.8 Å². The third kappa shape index (κ3) is 3.45. The van der Waals surface area contributed by atoms with E-state index in [0.29, 0.717) is 16.5 Å². The molecule has 1 aromatic heterocycles. The second-order valence-electron chi connectivity index (χ2n) is 5.20. The van der Waals surface area contributed by atoms with Crippen LogP contribution in [-0.2, 0) is 0 Å². The number of rotatable bonds is 4. The van der Waals surface area contributed by atoms with E-state index in [0.717, 1.165) is 0 Å². The lowest BCUT2D eigenvalue weighted by Gasteiger charge is -2.05. The van der Waals surface area contributed by atoms with E-state index < -0.39 is 10.8 Å². The highest BCUT2D eigenvalue weighted by molar-refractivity contribution is 6.33. The van der Waals surface area contributed by atoms with E-state index in [-0.39, 0.29) is 22.0 Å². The number of benzene rings is 2. The standard InChI is InChI=1S/C17H11ClN4O4/c18-14-8-11(13-2-1-7-19-15(13)16(14)23)9-20-21-17(24)10-3-5-12(6-4-10)22(25)26/h1-9,23H,(H,21,24)/b20-9-. The van der Waals surface area contributed by atoms with Crippen LogP contribution in [0.1, 0.15) is 15.9 Å². The Morgan fingerprint density at radius 1 is 1.31 bits per heavy atom. The van der Waals surface area contributed by atoms with Crippen LogP contribution in [0.25, 0.3) is 10.9 Å². The zero-order valence-corrected chi connectivity index (χ0v) is 13.8. The Kier molecular flexibility index (Phi) is 4.76. The van der Waals surface area contributed by atoms with Crippen molar-refractivity contribution >= 4 is 40.3 Å². The Labute approximate surface area is 151 Å². The number of phenols is 1. The molecular formula is C17H11ClN4O4. The molecule has 0 aliphatic carbocycles. The average Bonchev–Trinajstić information content (AvgIpc) is 2.65. The molecule has 0 bridgehead atoms. The number of pyridine rings is 1. The van der Waals surface area contributed by atoms with Crippen LogP contribution in [0.5, 0.6) is 5.75 Å². The molecule has 0 spiro atoms. The van der Waals surface area contributed by atoms with E-state index in [1.807, 2.05) is 0 Å². The molecule has 3 aromatic rings. The normalized spacial score (nSPS) is 11.0. The van der Waals surface area contributed by atoms with Crippen molar-refractivity contribution in [2.45, 2.75) is 0 Å². The largest absolute Gasteiger partial charge is 0.504 e. The number of hydrogen-bond acceptors (Lipinski definition) is 6. The summed E-state index contributed by atoms with van der Waals surface area (Å²) in [5.41, 5.74) is 3.32. The van der Waals surface area contributed by atoms with Gasteiger partial charge in [-0.1, -0.05) is 17.7 Å². The minimum atomic E-state index is -0.548. The smallest absolute Gasteiger partial charge is 0.271 e. The van der Waals surface area contributed by atoms with Gasteiger partial charge in [0.1, 0.15) is 5.52 Å². The molecule has 9 heteroatoms. The van der Waals surface area contributed by atoms with E-state index in [2.05, 4.69) is 15.5 Å². The molecule has 1 amide bonds. The summed E-state index contributed by atoms with van der Waals surface area (Å²) in [5, 5.41) is 25.2. The first-order chi connectivity index (χ1) is 12.5. The quantitative estimate of drug-likeness (QED) is 0.415. The predicted molar refractivity (Wildman–Crippen MR) is 96.6 cm³/mol. The van der Waals surface area contributed by atoms with E-state index in [9.17, 15) is 20.0 Å². The van der Waals surface area contributed by atoms with Crippen molar-refractivity contribution in [1.82, 2.24) is 10.4 Å². The highest BCUT2D eigenvalue weighted by Gasteiger charge is 2.11. The van der Waals surface area contributed by atoms with Crippen LogP contribution in [0.15, 0.2) is 53.8 Å². The molecule has 0 saturated carbocycles. The van der Waals surface area contributed by atoms with Crippen LogP contribution in [0.3, 0.4) is 0 Å². The third-order valence-corrected chi connectivity index (χ3v) is 3.85. The van der Waals surface area contributed by atoms with E-state index >= 15 is 0 Å². The zero-order chi connectivity index (χ0) is 18.7.